The van der Waals surface area contributed by atoms with Gasteiger partial charge in [0.1, 0.15) is 5.52 Å². The van der Waals surface area contributed by atoms with Crippen LogP contribution in [0.4, 0.5) is 5.13 Å². The summed E-state index contributed by atoms with van der Waals surface area (Å²) in [6.45, 7) is 6.97. The van der Waals surface area contributed by atoms with Gasteiger partial charge in [0.2, 0.25) is 5.91 Å². The number of thiazole rings is 1. The van der Waals surface area contributed by atoms with Crippen molar-refractivity contribution in [2.45, 2.75) is 13.8 Å². The molecule has 7 heteroatoms. The van der Waals surface area contributed by atoms with Gasteiger partial charge in [-0.3, -0.25) is 4.79 Å². The number of carbonyl (C=O) groups is 1. The second kappa shape index (κ2) is 6.53. The van der Waals surface area contributed by atoms with Gasteiger partial charge >= 0.3 is 0 Å². The average molecular weight is 354 g/mol. The van der Waals surface area contributed by atoms with Crippen molar-refractivity contribution in [1.29, 1.82) is 0 Å². The molecule has 0 aliphatic carbocycles. The highest BCUT2D eigenvalue weighted by atomic mass is 35.5. The number of benzene rings is 1. The SMILES string of the molecule is COc1c(Cl)ccc2sc(N3CCN(C(=O)C(C)C)CC3)nc12. The molecule has 0 saturated carbocycles. The number of anilines is 1. The normalized spacial score (nSPS) is 15.5. The lowest BCUT2D eigenvalue weighted by molar-refractivity contribution is -0.134. The smallest absolute Gasteiger partial charge is 0.225 e. The molecule has 1 aliphatic rings. The molecule has 23 heavy (non-hydrogen) atoms. The van der Waals surface area contributed by atoms with Gasteiger partial charge in [0.15, 0.2) is 10.9 Å². The molecule has 1 aliphatic heterocycles. The summed E-state index contributed by atoms with van der Waals surface area (Å²) in [5.74, 6) is 0.901. The number of rotatable bonds is 3. The maximum Gasteiger partial charge on any atom is 0.225 e. The maximum atomic E-state index is 12.1. The molecule has 1 aromatic heterocycles. The standard InChI is InChI=1S/C16H20ClN3O2S/c1-10(2)15(21)19-6-8-20(9-7-19)16-18-13-12(23-16)5-4-11(17)14(13)22-3/h4-5,10H,6-9H2,1-3H3. The molecule has 5 nitrogen and oxygen atoms in total. The minimum Gasteiger partial charge on any atom is -0.493 e. The lowest BCUT2D eigenvalue weighted by Gasteiger charge is -2.35. The molecule has 0 spiro atoms. The van der Waals surface area contributed by atoms with Gasteiger partial charge in [-0.05, 0) is 12.1 Å². The van der Waals surface area contributed by atoms with Crippen molar-refractivity contribution in [1.82, 2.24) is 9.88 Å². The fraction of sp³-hybridized carbons (Fsp3) is 0.500. The van der Waals surface area contributed by atoms with E-state index in [2.05, 4.69) is 4.90 Å². The Kier molecular flexibility index (Phi) is 4.64. The largest absolute Gasteiger partial charge is 0.493 e. The van der Waals surface area contributed by atoms with Crippen LogP contribution in [0, 0.1) is 5.92 Å². The number of amides is 1. The number of nitrogens with zero attached hydrogens (tertiary/aromatic N) is 3. The van der Waals surface area contributed by atoms with Crippen molar-refractivity contribution in [2.75, 3.05) is 38.2 Å². The molecule has 2 aromatic rings. The number of halogens is 1. The van der Waals surface area contributed by atoms with Gasteiger partial charge in [-0.25, -0.2) is 4.98 Å². The van der Waals surface area contributed by atoms with E-state index < -0.39 is 0 Å². The Bertz CT molecular complexity index is 723. The van der Waals surface area contributed by atoms with Gasteiger partial charge in [-0.15, -0.1) is 0 Å². The maximum absolute atomic E-state index is 12.1. The molecule has 0 unspecified atom stereocenters. The first-order valence-electron chi connectivity index (χ1n) is 7.68. The third kappa shape index (κ3) is 3.10. The van der Waals surface area contributed by atoms with Crippen molar-refractivity contribution >= 4 is 44.2 Å². The number of hydrogen-bond donors (Lipinski definition) is 0. The van der Waals surface area contributed by atoms with Gasteiger partial charge in [0.05, 0.1) is 16.8 Å². The van der Waals surface area contributed by atoms with E-state index >= 15 is 0 Å². The number of carbonyl (C=O) groups excluding carboxylic acids is 1. The number of piperazine rings is 1. The molecule has 3 rings (SSSR count). The van der Waals surface area contributed by atoms with Crippen LogP contribution in [0.15, 0.2) is 12.1 Å². The lowest BCUT2D eigenvalue weighted by atomic mass is 10.2. The van der Waals surface area contributed by atoms with Crippen LogP contribution in [0.25, 0.3) is 10.2 Å². The van der Waals surface area contributed by atoms with Crippen LogP contribution in [-0.2, 0) is 4.79 Å². The van der Waals surface area contributed by atoms with Crippen molar-refractivity contribution in [3.63, 3.8) is 0 Å². The first-order chi connectivity index (χ1) is 11.0. The first kappa shape index (κ1) is 16.3. The molecule has 124 valence electrons. The summed E-state index contributed by atoms with van der Waals surface area (Å²) in [5.41, 5.74) is 0.806. The van der Waals surface area contributed by atoms with Gasteiger partial charge < -0.3 is 14.5 Å². The van der Waals surface area contributed by atoms with Gasteiger partial charge in [0, 0.05) is 32.1 Å². The topological polar surface area (TPSA) is 45.7 Å². The van der Waals surface area contributed by atoms with Crippen LogP contribution in [0.1, 0.15) is 13.8 Å². The molecular weight excluding hydrogens is 334 g/mol. The van der Waals surface area contributed by atoms with Crippen LogP contribution in [0.5, 0.6) is 5.75 Å². The lowest BCUT2D eigenvalue weighted by Crippen LogP contribution is -2.49. The molecule has 1 amide bonds. The van der Waals surface area contributed by atoms with E-state index in [9.17, 15) is 4.79 Å². The Morgan fingerprint density at radius 3 is 2.61 bits per heavy atom. The van der Waals surface area contributed by atoms with E-state index in [4.69, 9.17) is 21.3 Å². The summed E-state index contributed by atoms with van der Waals surface area (Å²) < 4.78 is 6.43. The zero-order valence-electron chi connectivity index (χ0n) is 13.5. The summed E-state index contributed by atoms with van der Waals surface area (Å²) in [4.78, 5) is 20.9. The Hall–Kier alpha value is -1.53. The first-order valence-corrected chi connectivity index (χ1v) is 8.87. The molecule has 0 N–H and O–H groups in total. The summed E-state index contributed by atoms with van der Waals surface area (Å²) >= 11 is 7.79. The zero-order chi connectivity index (χ0) is 16.6. The second-order valence-electron chi connectivity index (χ2n) is 5.89. The summed E-state index contributed by atoms with van der Waals surface area (Å²) in [6.07, 6.45) is 0. The number of aromatic nitrogens is 1. The highest BCUT2D eigenvalue weighted by Gasteiger charge is 2.25. The molecule has 2 heterocycles. The Morgan fingerprint density at radius 1 is 1.30 bits per heavy atom. The number of methoxy groups -OCH3 is 1. The molecule has 0 radical (unpaired) electrons. The van der Waals surface area contributed by atoms with Crippen LogP contribution < -0.4 is 9.64 Å². The summed E-state index contributed by atoms with van der Waals surface area (Å²) in [5, 5.41) is 1.53. The van der Waals surface area contributed by atoms with Crippen molar-refractivity contribution < 1.29 is 9.53 Å². The van der Waals surface area contributed by atoms with Crippen molar-refractivity contribution in [3.8, 4) is 5.75 Å². The molecule has 0 bridgehead atoms. The summed E-state index contributed by atoms with van der Waals surface area (Å²) in [7, 11) is 1.61. The number of ether oxygens (including phenoxy) is 1. The quantitative estimate of drug-likeness (QED) is 0.849. The zero-order valence-corrected chi connectivity index (χ0v) is 15.1. The molecular formula is C16H20ClN3O2S. The van der Waals surface area contributed by atoms with Crippen LogP contribution in [0.2, 0.25) is 5.02 Å². The van der Waals surface area contributed by atoms with Gasteiger partial charge in [0.25, 0.3) is 0 Å². The van der Waals surface area contributed by atoms with Crippen LogP contribution >= 0.6 is 22.9 Å². The van der Waals surface area contributed by atoms with Crippen molar-refractivity contribution in [3.05, 3.63) is 17.2 Å². The molecule has 0 atom stereocenters. The fourth-order valence-corrected chi connectivity index (χ4v) is 3.99. The Labute approximate surface area is 144 Å². The third-order valence-corrected chi connectivity index (χ3v) is 5.39. The van der Waals surface area contributed by atoms with E-state index in [1.807, 2.05) is 30.9 Å². The predicted molar refractivity (Wildman–Crippen MR) is 94.8 cm³/mol. The van der Waals surface area contributed by atoms with E-state index in [0.29, 0.717) is 10.8 Å². The number of hydrogen-bond acceptors (Lipinski definition) is 5. The average Bonchev–Trinajstić information content (AvgIpc) is 2.98. The van der Waals surface area contributed by atoms with Crippen molar-refractivity contribution in [2.24, 2.45) is 5.92 Å². The summed E-state index contributed by atoms with van der Waals surface area (Å²) in [6, 6.07) is 3.81. The van der Waals surface area contributed by atoms with E-state index in [-0.39, 0.29) is 11.8 Å². The fourth-order valence-electron chi connectivity index (χ4n) is 2.75. The Morgan fingerprint density at radius 2 is 2.00 bits per heavy atom. The Balaban J connectivity index is 1.79. The highest BCUT2D eigenvalue weighted by Crippen LogP contribution is 2.38. The second-order valence-corrected chi connectivity index (χ2v) is 7.31. The van der Waals surface area contributed by atoms with Gasteiger partial charge in [-0.2, -0.15) is 0 Å². The van der Waals surface area contributed by atoms with Crippen LogP contribution in [0.3, 0.4) is 0 Å². The molecule has 1 aromatic carbocycles. The monoisotopic (exact) mass is 353 g/mol. The van der Waals surface area contributed by atoms with E-state index in [1.165, 1.54) is 0 Å². The molecule has 1 fully saturated rings. The highest BCUT2D eigenvalue weighted by molar-refractivity contribution is 7.22. The minimum absolute atomic E-state index is 0.0513. The predicted octanol–water partition coefficient (Wildman–Crippen LogP) is 3.26. The third-order valence-electron chi connectivity index (χ3n) is 4.02. The van der Waals surface area contributed by atoms with Crippen LogP contribution in [-0.4, -0.2) is 49.1 Å². The minimum atomic E-state index is 0.0513. The molecule has 1 saturated heterocycles. The number of fused-ring (bicyclic) bond motifs is 1. The van der Waals surface area contributed by atoms with E-state index in [0.717, 1.165) is 41.5 Å². The van der Waals surface area contributed by atoms with E-state index in [1.54, 1.807) is 18.4 Å². The van der Waals surface area contributed by atoms with Gasteiger partial charge in [-0.1, -0.05) is 36.8 Å².